The molecule has 5 rings (SSSR count). The molecule has 0 amide bonds. The first kappa shape index (κ1) is 18.1. The molecular weight excluding hydrogens is 368 g/mol. The number of rotatable bonds is 4. The van der Waals surface area contributed by atoms with Gasteiger partial charge in [-0.3, -0.25) is 9.20 Å². The topological polar surface area (TPSA) is 61.7 Å². The van der Waals surface area contributed by atoms with Crippen molar-refractivity contribution in [3.8, 4) is 11.5 Å². The van der Waals surface area contributed by atoms with E-state index < -0.39 is 0 Å². The average Bonchev–Trinajstić information content (AvgIpc) is 3.17. The zero-order valence-corrected chi connectivity index (χ0v) is 16.6. The third-order valence-electron chi connectivity index (χ3n) is 5.92. The predicted octanol–water partition coefficient (Wildman–Crippen LogP) is -0.785. The Balaban J connectivity index is 1.21. The minimum Gasteiger partial charge on any atom is -0.454 e. The van der Waals surface area contributed by atoms with Crippen molar-refractivity contribution in [1.29, 1.82) is 0 Å². The van der Waals surface area contributed by atoms with Crippen molar-refractivity contribution in [3.05, 3.63) is 69.8 Å². The molecule has 0 spiro atoms. The van der Waals surface area contributed by atoms with Crippen LogP contribution in [0.1, 0.15) is 17.0 Å². The molecule has 2 aromatic heterocycles. The Morgan fingerprint density at radius 2 is 1.72 bits per heavy atom. The lowest BCUT2D eigenvalue weighted by Crippen LogP contribution is -3.27. The van der Waals surface area contributed by atoms with Crippen molar-refractivity contribution in [2.24, 2.45) is 0 Å². The largest absolute Gasteiger partial charge is 0.454 e. The maximum atomic E-state index is 12.5. The standard InChI is InChI=1S/C22H24N4O3/c1-16-3-2-4-21-23-18(12-22(27)26(16)21)14-25-9-7-24(8-10-25)13-17-5-6-19-20(11-17)29-15-28-19/h2-6,11-12H,7-10,13-15H2,1H3/p+2. The fourth-order valence-corrected chi connectivity index (χ4v) is 4.36. The highest BCUT2D eigenvalue weighted by Gasteiger charge is 2.24. The minimum atomic E-state index is 0.00886. The Labute approximate surface area is 169 Å². The molecule has 2 aliphatic rings. The molecule has 1 saturated heterocycles. The molecule has 150 valence electrons. The molecule has 0 bridgehead atoms. The van der Waals surface area contributed by atoms with Crippen molar-refractivity contribution in [2.45, 2.75) is 20.0 Å². The van der Waals surface area contributed by atoms with Crippen LogP contribution in [0.4, 0.5) is 0 Å². The molecule has 0 atom stereocenters. The Morgan fingerprint density at radius 3 is 2.55 bits per heavy atom. The highest BCUT2D eigenvalue weighted by atomic mass is 16.7. The Kier molecular flexibility index (Phi) is 4.69. The first-order valence-electron chi connectivity index (χ1n) is 10.2. The van der Waals surface area contributed by atoms with E-state index in [1.807, 2.05) is 31.2 Å². The van der Waals surface area contributed by atoms with E-state index in [1.54, 1.807) is 15.4 Å². The first-order valence-corrected chi connectivity index (χ1v) is 10.2. The van der Waals surface area contributed by atoms with Crippen LogP contribution in [0, 0.1) is 6.92 Å². The Morgan fingerprint density at radius 1 is 0.966 bits per heavy atom. The van der Waals surface area contributed by atoms with Gasteiger partial charge in [0.05, 0.1) is 0 Å². The van der Waals surface area contributed by atoms with Gasteiger partial charge in [-0.1, -0.05) is 6.07 Å². The van der Waals surface area contributed by atoms with E-state index in [0.717, 1.165) is 67.8 Å². The summed E-state index contributed by atoms with van der Waals surface area (Å²) < 4.78 is 12.6. The number of piperazine rings is 1. The number of nitrogens with one attached hydrogen (secondary N) is 2. The van der Waals surface area contributed by atoms with Gasteiger partial charge in [0.2, 0.25) is 6.79 Å². The van der Waals surface area contributed by atoms with E-state index in [2.05, 4.69) is 12.1 Å². The second-order valence-electron chi connectivity index (χ2n) is 7.99. The predicted molar refractivity (Wildman–Crippen MR) is 108 cm³/mol. The van der Waals surface area contributed by atoms with Crippen molar-refractivity contribution in [3.63, 3.8) is 0 Å². The van der Waals surface area contributed by atoms with Crippen LogP contribution in [0.15, 0.2) is 47.3 Å². The molecule has 7 heteroatoms. The Bertz CT molecular complexity index is 1100. The molecule has 7 nitrogen and oxygen atoms in total. The van der Waals surface area contributed by atoms with E-state index in [0.29, 0.717) is 6.79 Å². The number of nitrogens with zero attached hydrogens (tertiary/aromatic N) is 2. The molecule has 2 aliphatic heterocycles. The molecule has 1 fully saturated rings. The third-order valence-corrected chi connectivity index (χ3v) is 5.92. The van der Waals surface area contributed by atoms with Gasteiger partial charge in [-0.2, -0.15) is 0 Å². The lowest BCUT2D eigenvalue weighted by Gasteiger charge is -2.29. The number of aromatic nitrogens is 2. The fraction of sp³-hybridized carbons (Fsp3) is 0.364. The number of hydrogen-bond donors (Lipinski definition) is 2. The molecule has 0 aliphatic carbocycles. The summed E-state index contributed by atoms with van der Waals surface area (Å²) in [7, 11) is 0. The summed E-state index contributed by atoms with van der Waals surface area (Å²) in [5.41, 5.74) is 3.83. The number of ether oxygens (including phenoxy) is 2. The summed E-state index contributed by atoms with van der Waals surface area (Å²) in [5.74, 6) is 1.70. The summed E-state index contributed by atoms with van der Waals surface area (Å²) in [6.07, 6.45) is 0. The molecule has 1 aromatic carbocycles. The van der Waals surface area contributed by atoms with Crippen LogP contribution < -0.4 is 24.8 Å². The van der Waals surface area contributed by atoms with E-state index in [9.17, 15) is 4.79 Å². The van der Waals surface area contributed by atoms with E-state index >= 15 is 0 Å². The van der Waals surface area contributed by atoms with Crippen LogP contribution in [0.3, 0.4) is 0 Å². The van der Waals surface area contributed by atoms with Crippen molar-refractivity contribution >= 4 is 5.65 Å². The van der Waals surface area contributed by atoms with Gasteiger partial charge in [0.25, 0.3) is 5.56 Å². The van der Waals surface area contributed by atoms with E-state index in [-0.39, 0.29) is 5.56 Å². The summed E-state index contributed by atoms with van der Waals surface area (Å²) in [6.45, 7) is 8.42. The summed E-state index contributed by atoms with van der Waals surface area (Å²) in [5, 5.41) is 0. The quantitative estimate of drug-likeness (QED) is 0.609. The highest BCUT2D eigenvalue weighted by Crippen LogP contribution is 2.32. The zero-order valence-electron chi connectivity index (χ0n) is 16.6. The summed E-state index contributed by atoms with van der Waals surface area (Å²) in [4.78, 5) is 20.3. The highest BCUT2D eigenvalue weighted by molar-refractivity contribution is 5.44. The van der Waals surface area contributed by atoms with Gasteiger partial charge in [-0.05, 0) is 37.3 Å². The molecule has 4 heterocycles. The maximum absolute atomic E-state index is 12.5. The van der Waals surface area contributed by atoms with Gasteiger partial charge >= 0.3 is 0 Å². The Hall–Kier alpha value is -2.90. The van der Waals surface area contributed by atoms with Crippen molar-refractivity contribution < 1.29 is 19.3 Å². The van der Waals surface area contributed by atoms with Crippen molar-refractivity contribution in [2.75, 3.05) is 33.0 Å². The lowest BCUT2D eigenvalue weighted by atomic mass is 10.1. The third kappa shape index (κ3) is 3.71. The second kappa shape index (κ2) is 7.50. The van der Waals surface area contributed by atoms with Crippen LogP contribution in [-0.2, 0) is 13.1 Å². The zero-order chi connectivity index (χ0) is 19.8. The van der Waals surface area contributed by atoms with E-state index in [4.69, 9.17) is 14.5 Å². The van der Waals surface area contributed by atoms with E-state index in [1.165, 1.54) is 10.5 Å². The molecule has 0 radical (unpaired) electrons. The summed E-state index contributed by atoms with van der Waals surface area (Å²) >= 11 is 0. The number of quaternary nitrogens is 2. The van der Waals surface area contributed by atoms with Crippen LogP contribution >= 0.6 is 0 Å². The van der Waals surface area contributed by atoms with Gasteiger partial charge in [-0.15, -0.1) is 0 Å². The molecule has 29 heavy (non-hydrogen) atoms. The van der Waals surface area contributed by atoms with Gasteiger partial charge < -0.3 is 19.3 Å². The van der Waals surface area contributed by atoms with Crippen molar-refractivity contribution in [1.82, 2.24) is 9.38 Å². The first-order chi connectivity index (χ1) is 14.2. The van der Waals surface area contributed by atoms with Gasteiger partial charge in [0, 0.05) is 17.3 Å². The summed E-state index contributed by atoms with van der Waals surface area (Å²) in [6, 6.07) is 13.7. The average molecular weight is 394 g/mol. The van der Waals surface area contributed by atoms with Gasteiger partial charge in [0.1, 0.15) is 50.6 Å². The molecular formula is C22H26N4O3+2. The normalized spacial score (nSPS) is 20.9. The molecule has 0 saturated carbocycles. The smallest absolute Gasteiger partial charge is 0.258 e. The van der Waals surface area contributed by atoms with Crippen LogP contribution in [0.5, 0.6) is 11.5 Å². The second-order valence-corrected chi connectivity index (χ2v) is 7.99. The van der Waals surface area contributed by atoms with Gasteiger partial charge in [0.15, 0.2) is 11.5 Å². The lowest BCUT2D eigenvalue weighted by molar-refractivity contribution is -1.02. The monoisotopic (exact) mass is 394 g/mol. The molecule has 2 N–H and O–H groups in total. The van der Waals surface area contributed by atoms with Crippen LogP contribution in [0.25, 0.3) is 5.65 Å². The number of aryl methyl sites for hydroxylation is 1. The minimum absolute atomic E-state index is 0.00886. The number of benzene rings is 1. The number of hydrogen-bond acceptors (Lipinski definition) is 4. The SMILES string of the molecule is Cc1cccc2nc(C[NH+]3CC[NH+](Cc4ccc5c(c4)OCO5)CC3)cc(=O)n12. The molecule has 0 unspecified atom stereocenters. The maximum Gasteiger partial charge on any atom is 0.258 e. The number of pyridine rings is 1. The van der Waals surface area contributed by atoms with Crippen LogP contribution in [0.2, 0.25) is 0 Å². The van der Waals surface area contributed by atoms with Crippen LogP contribution in [-0.4, -0.2) is 42.4 Å². The van der Waals surface area contributed by atoms with Gasteiger partial charge in [-0.25, -0.2) is 4.98 Å². The number of fused-ring (bicyclic) bond motifs is 2. The fourth-order valence-electron chi connectivity index (χ4n) is 4.36. The molecule has 3 aromatic rings.